The number of nitrogens with one attached hydrogen (secondary N) is 2. The number of halogens is 1. The van der Waals surface area contributed by atoms with Gasteiger partial charge < -0.3 is 20.1 Å². The maximum atomic E-state index is 13.1. The fourth-order valence-corrected chi connectivity index (χ4v) is 3.38. The van der Waals surface area contributed by atoms with Gasteiger partial charge in [-0.25, -0.2) is 14.4 Å². The molecule has 0 aliphatic carbocycles. The fourth-order valence-electron chi connectivity index (χ4n) is 3.38. The largest absolute Gasteiger partial charge is 0.497 e. The number of pyridine rings is 2. The predicted octanol–water partition coefficient (Wildman–Crippen LogP) is 3.38. The van der Waals surface area contributed by atoms with Crippen LogP contribution < -0.4 is 15.4 Å². The Bertz CT molecular complexity index is 1050. The Morgan fingerprint density at radius 1 is 1.19 bits per heavy atom. The van der Waals surface area contributed by atoms with Crippen molar-refractivity contribution < 1.29 is 18.7 Å². The summed E-state index contributed by atoms with van der Waals surface area (Å²) in [5.74, 6) is 1.32. The molecule has 166 valence electrons. The summed E-state index contributed by atoms with van der Waals surface area (Å²) >= 11 is 0. The topological polar surface area (TPSA) is 88.6 Å². The molecule has 8 nitrogen and oxygen atoms in total. The molecule has 0 radical (unpaired) electrons. The average molecular weight is 437 g/mol. The third-order valence-corrected chi connectivity index (χ3v) is 4.98. The van der Waals surface area contributed by atoms with Gasteiger partial charge in [-0.15, -0.1) is 0 Å². The van der Waals surface area contributed by atoms with Crippen molar-refractivity contribution in [2.24, 2.45) is 0 Å². The molecule has 1 aliphatic heterocycles. The molecule has 0 spiro atoms. The van der Waals surface area contributed by atoms with Crippen molar-refractivity contribution in [2.45, 2.75) is 6.10 Å². The number of anilines is 3. The van der Waals surface area contributed by atoms with E-state index >= 15 is 0 Å². The molecule has 1 atom stereocenters. The lowest BCUT2D eigenvalue weighted by Crippen LogP contribution is -2.42. The molecule has 1 aromatic carbocycles. The van der Waals surface area contributed by atoms with Gasteiger partial charge in [-0.1, -0.05) is 6.07 Å². The fraction of sp³-hybridized carbons (Fsp3) is 0.261. The Balaban J connectivity index is 1.34. The summed E-state index contributed by atoms with van der Waals surface area (Å²) in [7, 11) is 1.60. The first kappa shape index (κ1) is 21.7. The number of carbonyl (C=O) groups is 1. The van der Waals surface area contributed by atoms with Gasteiger partial charge in [0.15, 0.2) is 0 Å². The first-order valence-electron chi connectivity index (χ1n) is 10.2. The highest BCUT2D eigenvalue weighted by molar-refractivity contribution is 5.92. The quantitative estimate of drug-likeness (QED) is 0.586. The van der Waals surface area contributed by atoms with Gasteiger partial charge >= 0.3 is 0 Å². The number of morpholine rings is 1. The second-order valence-electron chi connectivity index (χ2n) is 7.31. The first-order valence-corrected chi connectivity index (χ1v) is 10.2. The number of benzene rings is 1. The van der Waals surface area contributed by atoms with Gasteiger partial charge in [-0.2, -0.15) is 0 Å². The summed E-state index contributed by atoms with van der Waals surface area (Å²) < 4.78 is 24.1. The highest BCUT2D eigenvalue weighted by atomic mass is 19.1. The molecule has 32 heavy (non-hydrogen) atoms. The van der Waals surface area contributed by atoms with Gasteiger partial charge in [0.05, 0.1) is 32.2 Å². The number of ether oxygens (including phenoxy) is 2. The molecule has 2 aromatic heterocycles. The van der Waals surface area contributed by atoms with Gasteiger partial charge in [0.1, 0.15) is 29.3 Å². The minimum atomic E-state index is -0.399. The van der Waals surface area contributed by atoms with Crippen LogP contribution in [0.2, 0.25) is 0 Å². The zero-order valence-corrected chi connectivity index (χ0v) is 17.6. The predicted molar refractivity (Wildman–Crippen MR) is 118 cm³/mol. The molecule has 1 fully saturated rings. The number of carbonyl (C=O) groups excluding carboxylic acids is 1. The van der Waals surface area contributed by atoms with Gasteiger partial charge in [0.2, 0.25) is 5.91 Å². The molecule has 0 bridgehead atoms. The van der Waals surface area contributed by atoms with E-state index in [2.05, 4.69) is 20.6 Å². The molecule has 1 amide bonds. The van der Waals surface area contributed by atoms with Crippen LogP contribution in [0.4, 0.5) is 21.7 Å². The number of methoxy groups -OCH3 is 1. The normalized spacial score (nSPS) is 16.4. The van der Waals surface area contributed by atoms with Gasteiger partial charge in [0.25, 0.3) is 0 Å². The smallest absolute Gasteiger partial charge is 0.238 e. The molecule has 1 aliphatic rings. The van der Waals surface area contributed by atoms with Crippen molar-refractivity contribution in [2.75, 3.05) is 44.0 Å². The molecule has 1 saturated heterocycles. The van der Waals surface area contributed by atoms with E-state index in [1.165, 1.54) is 6.07 Å². The number of aromatic nitrogens is 2. The highest BCUT2D eigenvalue weighted by Gasteiger charge is 2.24. The summed E-state index contributed by atoms with van der Waals surface area (Å²) in [5.41, 5.74) is 1.47. The van der Waals surface area contributed by atoms with E-state index in [1.807, 2.05) is 17.0 Å². The average Bonchev–Trinajstić information content (AvgIpc) is 2.81. The Morgan fingerprint density at radius 3 is 2.78 bits per heavy atom. The van der Waals surface area contributed by atoms with Gasteiger partial charge in [-0.05, 0) is 48.5 Å². The van der Waals surface area contributed by atoms with Crippen LogP contribution in [0.1, 0.15) is 11.8 Å². The number of hydrogen-bond donors (Lipinski definition) is 2. The molecule has 3 aromatic rings. The first-order chi connectivity index (χ1) is 15.6. The van der Waals surface area contributed by atoms with Crippen molar-refractivity contribution in [1.82, 2.24) is 14.9 Å². The van der Waals surface area contributed by atoms with Crippen LogP contribution in [-0.2, 0) is 9.53 Å². The van der Waals surface area contributed by atoms with Crippen molar-refractivity contribution in [3.8, 4) is 5.75 Å². The van der Waals surface area contributed by atoms with Gasteiger partial charge in [0, 0.05) is 18.8 Å². The monoisotopic (exact) mass is 437 g/mol. The van der Waals surface area contributed by atoms with E-state index in [-0.39, 0.29) is 18.6 Å². The maximum absolute atomic E-state index is 13.1. The molecule has 0 unspecified atom stereocenters. The Hall–Kier alpha value is -3.56. The highest BCUT2D eigenvalue weighted by Crippen LogP contribution is 2.23. The summed E-state index contributed by atoms with van der Waals surface area (Å²) in [5, 5.41) is 5.96. The van der Waals surface area contributed by atoms with E-state index < -0.39 is 5.82 Å². The van der Waals surface area contributed by atoms with E-state index in [9.17, 15) is 9.18 Å². The number of nitrogens with zero attached hydrogens (tertiary/aromatic N) is 3. The lowest BCUT2D eigenvalue weighted by atomic mass is 10.2. The Labute approximate surface area is 185 Å². The zero-order valence-electron chi connectivity index (χ0n) is 17.6. The molecular weight excluding hydrogens is 413 g/mol. The third kappa shape index (κ3) is 5.77. The van der Waals surface area contributed by atoms with Crippen LogP contribution in [0.15, 0.2) is 60.8 Å². The number of amides is 1. The van der Waals surface area contributed by atoms with Crippen LogP contribution in [0.25, 0.3) is 0 Å². The van der Waals surface area contributed by atoms with Crippen molar-refractivity contribution in [3.63, 3.8) is 0 Å². The summed E-state index contributed by atoms with van der Waals surface area (Å²) in [6.07, 6.45) is 0.881. The second kappa shape index (κ2) is 10.2. The molecular formula is C23H24FN5O3. The van der Waals surface area contributed by atoms with E-state index in [1.54, 1.807) is 43.5 Å². The van der Waals surface area contributed by atoms with Crippen LogP contribution in [0.3, 0.4) is 0 Å². The minimum absolute atomic E-state index is 0.0958. The number of rotatable bonds is 7. The Kier molecular flexibility index (Phi) is 6.88. The molecule has 3 heterocycles. The zero-order chi connectivity index (χ0) is 22.3. The Morgan fingerprint density at radius 2 is 2.03 bits per heavy atom. The molecule has 0 saturated carbocycles. The van der Waals surface area contributed by atoms with E-state index in [0.29, 0.717) is 31.3 Å². The van der Waals surface area contributed by atoms with Crippen molar-refractivity contribution in [3.05, 3.63) is 72.3 Å². The summed E-state index contributed by atoms with van der Waals surface area (Å²) in [6.45, 7) is 1.95. The van der Waals surface area contributed by atoms with E-state index in [4.69, 9.17) is 9.47 Å². The lowest BCUT2D eigenvalue weighted by Gasteiger charge is -2.32. The lowest BCUT2D eigenvalue weighted by molar-refractivity contribution is -0.119. The van der Waals surface area contributed by atoms with Gasteiger partial charge in [-0.3, -0.25) is 9.69 Å². The standard InChI is InChI=1S/C23H24FN5O3/c1-31-18-8-6-17(7-9-18)26-23(30)15-29-11-12-32-20(14-29)19-3-2-4-22(27-19)28-21-10-5-16(24)13-25-21/h2-10,13,20H,11-12,14-15H2,1H3,(H,26,30)(H,25,27,28)/t20-/m0/s1. The minimum Gasteiger partial charge on any atom is -0.497 e. The summed E-state index contributed by atoms with van der Waals surface area (Å²) in [4.78, 5) is 23.1. The molecule has 2 N–H and O–H groups in total. The second-order valence-corrected chi connectivity index (χ2v) is 7.31. The van der Waals surface area contributed by atoms with Crippen LogP contribution in [0.5, 0.6) is 5.75 Å². The van der Waals surface area contributed by atoms with Crippen LogP contribution in [-0.4, -0.2) is 54.1 Å². The molecule has 9 heteroatoms. The van der Waals surface area contributed by atoms with Crippen LogP contribution >= 0.6 is 0 Å². The van der Waals surface area contributed by atoms with E-state index in [0.717, 1.165) is 23.3 Å². The third-order valence-electron chi connectivity index (χ3n) is 4.98. The summed E-state index contributed by atoms with van der Waals surface area (Å²) in [6, 6.07) is 15.6. The molecule has 4 rings (SSSR count). The number of hydrogen-bond acceptors (Lipinski definition) is 7. The van der Waals surface area contributed by atoms with Crippen LogP contribution in [0, 0.1) is 5.82 Å². The van der Waals surface area contributed by atoms with Crippen molar-refractivity contribution in [1.29, 1.82) is 0 Å². The SMILES string of the molecule is COc1ccc(NC(=O)CN2CCO[C@H](c3cccc(Nc4ccc(F)cn4)n3)C2)cc1. The van der Waals surface area contributed by atoms with Crippen molar-refractivity contribution >= 4 is 23.2 Å². The maximum Gasteiger partial charge on any atom is 0.238 e.